The lowest BCUT2D eigenvalue weighted by molar-refractivity contribution is 0.426. The summed E-state index contributed by atoms with van der Waals surface area (Å²) in [5, 5.41) is 4.03. The van der Waals surface area contributed by atoms with E-state index < -0.39 is 0 Å². The Balaban J connectivity index is 2.27. The molecule has 0 aromatic carbocycles. The number of aromatic nitrogens is 2. The van der Waals surface area contributed by atoms with Gasteiger partial charge in [-0.25, -0.2) is 0 Å². The molecule has 0 unspecified atom stereocenters. The molecule has 2 aromatic heterocycles. The van der Waals surface area contributed by atoms with Gasteiger partial charge in [0.2, 0.25) is 0 Å². The molecule has 1 N–H and O–H groups in total. The van der Waals surface area contributed by atoms with Crippen LogP contribution >= 0.6 is 0 Å². The van der Waals surface area contributed by atoms with Gasteiger partial charge in [0, 0.05) is 23.0 Å². The van der Waals surface area contributed by atoms with Crippen molar-refractivity contribution in [3.63, 3.8) is 0 Å². The highest BCUT2D eigenvalue weighted by Gasteiger charge is 2.21. The van der Waals surface area contributed by atoms with Crippen LogP contribution in [0.25, 0.3) is 11.3 Å². The molecule has 0 radical (unpaired) electrons. The van der Waals surface area contributed by atoms with Crippen LogP contribution in [0.3, 0.4) is 0 Å². The monoisotopic (exact) mass is 188 g/mol. The van der Waals surface area contributed by atoms with Crippen LogP contribution in [0, 0.1) is 6.92 Å². The van der Waals surface area contributed by atoms with E-state index in [0.29, 0.717) is 0 Å². The van der Waals surface area contributed by atoms with Crippen LogP contribution < -0.4 is 0 Å². The zero-order chi connectivity index (χ0) is 9.54. The summed E-state index contributed by atoms with van der Waals surface area (Å²) < 4.78 is 5.38. The second-order valence-corrected chi connectivity index (χ2v) is 3.80. The highest BCUT2D eigenvalue weighted by molar-refractivity contribution is 5.65. The molecule has 3 rings (SSSR count). The number of hydrogen-bond donors (Lipinski definition) is 1. The Morgan fingerprint density at radius 1 is 1.43 bits per heavy atom. The lowest BCUT2D eigenvalue weighted by atomic mass is 10.1. The summed E-state index contributed by atoms with van der Waals surface area (Å²) in [7, 11) is 0. The first-order valence-corrected chi connectivity index (χ1v) is 4.98. The Bertz CT molecular complexity index is 467. The van der Waals surface area contributed by atoms with E-state index in [4.69, 9.17) is 4.52 Å². The number of fused-ring (bicyclic) bond motifs is 3. The molecule has 3 heteroatoms. The van der Waals surface area contributed by atoms with Gasteiger partial charge in [-0.1, -0.05) is 5.16 Å². The zero-order valence-corrected chi connectivity index (χ0v) is 8.13. The van der Waals surface area contributed by atoms with Gasteiger partial charge in [-0.15, -0.1) is 0 Å². The molecule has 0 fully saturated rings. The van der Waals surface area contributed by atoms with E-state index in [2.05, 4.69) is 16.2 Å². The SMILES string of the molecule is Cc1noc2c1CCCc1[nH]ccc1-2. The van der Waals surface area contributed by atoms with Crippen molar-refractivity contribution in [2.75, 3.05) is 0 Å². The van der Waals surface area contributed by atoms with Gasteiger partial charge in [0.05, 0.1) is 5.69 Å². The fourth-order valence-corrected chi connectivity index (χ4v) is 2.16. The predicted molar refractivity (Wildman–Crippen MR) is 53.1 cm³/mol. The molecule has 0 saturated carbocycles. The van der Waals surface area contributed by atoms with Gasteiger partial charge in [0.15, 0.2) is 5.76 Å². The fraction of sp³-hybridized carbons (Fsp3) is 0.364. The van der Waals surface area contributed by atoms with Gasteiger partial charge in [0.1, 0.15) is 0 Å². The third kappa shape index (κ3) is 0.953. The van der Waals surface area contributed by atoms with Crippen LogP contribution in [0.2, 0.25) is 0 Å². The molecule has 3 nitrogen and oxygen atoms in total. The summed E-state index contributed by atoms with van der Waals surface area (Å²) in [4.78, 5) is 3.26. The Hall–Kier alpha value is -1.51. The second kappa shape index (κ2) is 2.74. The van der Waals surface area contributed by atoms with E-state index in [0.717, 1.165) is 24.3 Å². The lowest BCUT2D eigenvalue weighted by Crippen LogP contribution is -1.87. The largest absolute Gasteiger partial charge is 0.364 e. The maximum atomic E-state index is 5.38. The van der Waals surface area contributed by atoms with E-state index in [1.807, 2.05) is 13.1 Å². The summed E-state index contributed by atoms with van der Waals surface area (Å²) >= 11 is 0. The van der Waals surface area contributed by atoms with Crippen LogP contribution in [0.4, 0.5) is 0 Å². The molecule has 0 saturated heterocycles. The maximum Gasteiger partial charge on any atom is 0.172 e. The average Bonchev–Trinajstić information content (AvgIpc) is 2.72. The number of nitrogens with zero attached hydrogens (tertiary/aromatic N) is 1. The molecule has 2 heterocycles. The molecule has 0 amide bonds. The molecule has 2 aromatic rings. The Kier molecular flexibility index (Phi) is 1.54. The number of rotatable bonds is 0. The van der Waals surface area contributed by atoms with Crippen molar-refractivity contribution in [3.05, 3.63) is 29.2 Å². The van der Waals surface area contributed by atoms with Gasteiger partial charge in [-0.05, 0) is 32.3 Å². The van der Waals surface area contributed by atoms with Crippen molar-refractivity contribution in [2.45, 2.75) is 26.2 Å². The van der Waals surface area contributed by atoms with E-state index in [1.165, 1.54) is 23.2 Å². The van der Waals surface area contributed by atoms with Crippen LogP contribution in [-0.2, 0) is 12.8 Å². The Morgan fingerprint density at radius 2 is 2.36 bits per heavy atom. The minimum absolute atomic E-state index is 0.969. The third-order valence-electron chi connectivity index (χ3n) is 2.92. The fourth-order valence-electron chi connectivity index (χ4n) is 2.16. The Morgan fingerprint density at radius 3 is 3.29 bits per heavy atom. The van der Waals surface area contributed by atoms with Crippen molar-refractivity contribution >= 4 is 0 Å². The molecule has 0 bridgehead atoms. The third-order valence-corrected chi connectivity index (χ3v) is 2.92. The van der Waals surface area contributed by atoms with Crippen LogP contribution in [0.15, 0.2) is 16.8 Å². The van der Waals surface area contributed by atoms with Gasteiger partial charge < -0.3 is 9.51 Å². The topological polar surface area (TPSA) is 41.8 Å². The summed E-state index contributed by atoms with van der Waals surface area (Å²) in [6.07, 6.45) is 5.32. The number of aromatic amines is 1. The summed E-state index contributed by atoms with van der Waals surface area (Å²) in [6.45, 7) is 2.01. The summed E-state index contributed by atoms with van der Waals surface area (Å²) in [5.74, 6) is 0.969. The first-order valence-electron chi connectivity index (χ1n) is 4.98. The van der Waals surface area contributed by atoms with E-state index in [9.17, 15) is 0 Å². The molecule has 0 aliphatic heterocycles. The van der Waals surface area contributed by atoms with E-state index in [1.54, 1.807) is 0 Å². The average molecular weight is 188 g/mol. The minimum atomic E-state index is 0.969. The minimum Gasteiger partial charge on any atom is -0.364 e. The van der Waals surface area contributed by atoms with E-state index >= 15 is 0 Å². The van der Waals surface area contributed by atoms with Crippen molar-refractivity contribution < 1.29 is 4.52 Å². The number of H-pyrrole nitrogens is 1. The van der Waals surface area contributed by atoms with Gasteiger partial charge in [-0.2, -0.15) is 0 Å². The summed E-state index contributed by atoms with van der Waals surface area (Å²) in [6, 6.07) is 2.07. The standard InChI is InChI=1S/C11H12N2O/c1-7-8-3-2-4-10-9(5-6-12-10)11(8)14-13-7/h5-6,12H,2-4H2,1H3. The highest BCUT2D eigenvalue weighted by Crippen LogP contribution is 2.33. The molecule has 0 atom stereocenters. The molecule has 72 valence electrons. The Labute approximate surface area is 82.1 Å². The van der Waals surface area contributed by atoms with Crippen molar-refractivity contribution in [1.82, 2.24) is 10.1 Å². The smallest absolute Gasteiger partial charge is 0.172 e. The van der Waals surface area contributed by atoms with Crippen molar-refractivity contribution in [2.24, 2.45) is 0 Å². The first kappa shape index (κ1) is 7.85. The lowest BCUT2D eigenvalue weighted by Gasteiger charge is -1.94. The van der Waals surface area contributed by atoms with Crippen molar-refractivity contribution in [1.29, 1.82) is 0 Å². The van der Waals surface area contributed by atoms with E-state index in [-0.39, 0.29) is 0 Å². The van der Waals surface area contributed by atoms with Crippen molar-refractivity contribution in [3.8, 4) is 11.3 Å². The van der Waals surface area contributed by atoms with Crippen LogP contribution in [-0.4, -0.2) is 10.1 Å². The molecule has 1 aliphatic carbocycles. The molecular formula is C11H12N2O. The maximum absolute atomic E-state index is 5.38. The summed E-state index contributed by atoms with van der Waals surface area (Å²) in [5.41, 5.74) is 4.79. The highest BCUT2D eigenvalue weighted by atomic mass is 16.5. The van der Waals surface area contributed by atoms with Crippen LogP contribution in [0.5, 0.6) is 0 Å². The zero-order valence-electron chi connectivity index (χ0n) is 8.13. The molecular weight excluding hydrogens is 176 g/mol. The normalized spacial score (nSPS) is 14.6. The molecule has 0 spiro atoms. The second-order valence-electron chi connectivity index (χ2n) is 3.80. The number of hydrogen-bond acceptors (Lipinski definition) is 2. The molecule has 1 aliphatic rings. The predicted octanol–water partition coefficient (Wildman–Crippen LogP) is 2.47. The van der Waals surface area contributed by atoms with Gasteiger partial charge >= 0.3 is 0 Å². The quantitative estimate of drug-likeness (QED) is 0.690. The number of aryl methyl sites for hydroxylation is 2. The first-order chi connectivity index (χ1) is 6.86. The number of nitrogens with one attached hydrogen (secondary N) is 1. The van der Waals surface area contributed by atoms with Gasteiger partial charge in [-0.3, -0.25) is 0 Å². The molecule has 14 heavy (non-hydrogen) atoms. The van der Waals surface area contributed by atoms with Gasteiger partial charge in [0.25, 0.3) is 0 Å². The van der Waals surface area contributed by atoms with Crippen LogP contribution in [0.1, 0.15) is 23.4 Å².